The fraction of sp³-hybridized carbons (Fsp3) is 0.833. The van der Waals surface area contributed by atoms with Crippen LogP contribution in [0.15, 0.2) is 0 Å². The number of methoxy groups -OCH3 is 1. The fourth-order valence-electron chi connectivity index (χ4n) is 2.24. The van der Waals surface area contributed by atoms with Gasteiger partial charge in [0.25, 0.3) is 0 Å². The van der Waals surface area contributed by atoms with Crippen LogP contribution in [0.3, 0.4) is 0 Å². The van der Waals surface area contributed by atoms with Crippen LogP contribution in [-0.4, -0.2) is 49.6 Å². The zero-order chi connectivity index (χ0) is 12.7. The zero-order valence-corrected chi connectivity index (χ0v) is 10.7. The Morgan fingerprint density at radius 1 is 1.41 bits per heavy atom. The lowest BCUT2D eigenvalue weighted by Gasteiger charge is -2.35. The van der Waals surface area contributed by atoms with Crippen molar-refractivity contribution in [3.63, 3.8) is 0 Å². The van der Waals surface area contributed by atoms with E-state index in [0.717, 1.165) is 32.4 Å². The number of ether oxygens (including phenoxy) is 1. The highest BCUT2D eigenvalue weighted by molar-refractivity contribution is 5.72. The van der Waals surface area contributed by atoms with E-state index >= 15 is 0 Å². The minimum atomic E-state index is -0.151. The van der Waals surface area contributed by atoms with E-state index in [4.69, 9.17) is 4.74 Å². The number of esters is 1. The van der Waals surface area contributed by atoms with Gasteiger partial charge in [0.2, 0.25) is 5.91 Å². The van der Waals surface area contributed by atoms with Crippen LogP contribution in [-0.2, 0) is 14.3 Å². The van der Waals surface area contributed by atoms with Crippen LogP contribution in [0.2, 0.25) is 0 Å². The van der Waals surface area contributed by atoms with Crippen LogP contribution in [0.5, 0.6) is 0 Å². The molecule has 0 aromatic rings. The molecule has 0 radical (unpaired) electrons. The van der Waals surface area contributed by atoms with Crippen molar-refractivity contribution in [1.82, 2.24) is 10.2 Å². The van der Waals surface area contributed by atoms with E-state index in [-0.39, 0.29) is 17.9 Å². The molecule has 0 aromatic heterocycles. The summed E-state index contributed by atoms with van der Waals surface area (Å²) in [5.74, 6) is -0.159. The number of rotatable bonds is 5. The van der Waals surface area contributed by atoms with Gasteiger partial charge in [0.05, 0.1) is 13.5 Å². The molecule has 1 aliphatic heterocycles. The van der Waals surface area contributed by atoms with Gasteiger partial charge in [-0.1, -0.05) is 6.42 Å². The number of carbonyl (C=O) groups excluding carboxylic acids is 2. The molecule has 98 valence electrons. The monoisotopic (exact) mass is 242 g/mol. The van der Waals surface area contributed by atoms with Gasteiger partial charge in [-0.2, -0.15) is 0 Å². The Bertz CT molecular complexity index is 268. The van der Waals surface area contributed by atoms with Crippen molar-refractivity contribution >= 4 is 11.9 Å². The molecule has 5 nitrogen and oxygen atoms in total. The first kappa shape index (κ1) is 14.0. The van der Waals surface area contributed by atoms with Crippen LogP contribution < -0.4 is 5.32 Å². The molecule has 1 heterocycles. The summed E-state index contributed by atoms with van der Waals surface area (Å²) in [6.45, 7) is 3.97. The number of nitrogens with one attached hydrogen (secondary N) is 1. The lowest BCUT2D eigenvalue weighted by atomic mass is 9.99. The highest BCUT2D eigenvalue weighted by atomic mass is 16.5. The molecule has 17 heavy (non-hydrogen) atoms. The summed E-state index contributed by atoms with van der Waals surface area (Å²) in [6, 6.07) is 0.268. The van der Waals surface area contributed by atoms with Crippen LogP contribution in [0.25, 0.3) is 0 Å². The maximum absolute atomic E-state index is 11.3. The van der Waals surface area contributed by atoms with Gasteiger partial charge >= 0.3 is 5.97 Å². The van der Waals surface area contributed by atoms with Gasteiger partial charge in [0.1, 0.15) is 0 Å². The molecule has 1 atom stereocenters. The van der Waals surface area contributed by atoms with Gasteiger partial charge in [-0.05, 0) is 19.4 Å². The van der Waals surface area contributed by atoms with Crippen molar-refractivity contribution in [2.24, 2.45) is 0 Å². The molecular weight excluding hydrogens is 220 g/mol. The van der Waals surface area contributed by atoms with E-state index in [0.29, 0.717) is 13.0 Å². The van der Waals surface area contributed by atoms with Gasteiger partial charge < -0.3 is 10.1 Å². The third-order valence-corrected chi connectivity index (χ3v) is 3.15. The van der Waals surface area contributed by atoms with Gasteiger partial charge in [-0.15, -0.1) is 0 Å². The highest BCUT2D eigenvalue weighted by Gasteiger charge is 2.24. The highest BCUT2D eigenvalue weighted by Crippen LogP contribution is 2.19. The Hall–Kier alpha value is -1.10. The Kier molecular flexibility index (Phi) is 5.97. The second-order valence-corrected chi connectivity index (χ2v) is 4.45. The first-order chi connectivity index (χ1) is 8.13. The van der Waals surface area contributed by atoms with Crippen molar-refractivity contribution in [2.45, 2.75) is 38.6 Å². The molecular formula is C12H22N2O3. The van der Waals surface area contributed by atoms with Gasteiger partial charge in [-0.25, -0.2) is 0 Å². The molecule has 1 rings (SSSR count). The van der Waals surface area contributed by atoms with Crippen molar-refractivity contribution < 1.29 is 14.3 Å². The molecule has 1 saturated heterocycles. The molecule has 5 heteroatoms. The number of nitrogens with zero attached hydrogens (tertiary/aromatic N) is 1. The topological polar surface area (TPSA) is 58.6 Å². The maximum Gasteiger partial charge on any atom is 0.307 e. The third kappa shape index (κ3) is 5.17. The predicted molar refractivity (Wildman–Crippen MR) is 64.5 cm³/mol. The smallest absolute Gasteiger partial charge is 0.307 e. The summed E-state index contributed by atoms with van der Waals surface area (Å²) in [7, 11) is 1.42. The van der Waals surface area contributed by atoms with Gasteiger partial charge in [0, 0.05) is 26.1 Å². The second-order valence-electron chi connectivity index (χ2n) is 4.45. The van der Waals surface area contributed by atoms with E-state index < -0.39 is 0 Å². The van der Waals surface area contributed by atoms with Crippen molar-refractivity contribution in [3.05, 3.63) is 0 Å². The second kappa shape index (κ2) is 7.27. The number of amides is 1. The fourth-order valence-corrected chi connectivity index (χ4v) is 2.24. The Morgan fingerprint density at radius 3 is 2.82 bits per heavy atom. The lowest BCUT2D eigenvalue weighted by Crippen LogP contribution is -2.44. The molecule has 0 spiro atoms. The average Bonchev–Trinajstić information content (AvgIpc) is 2.30. The van der Waals surface area contributed by atoms with E-state index in [2.05, 4.69) is 10.2 Å². The van der Waals surface area contributed by atoms with Crippen LogP contribution in [0, 0.1) is 0 Å². The van der Waals surface area contributed by atoms with E-state index in [1.807, 2.05) is 0 Å². The van der Waals surface area contributed by atoms with E-state index in [1.165, 1.54) is 14.0 Å². The SMILES string of the molecule is COC(=O)CC1CCCCN1CCNC(C)=O. The first-order valence-electron chi connectivity index (χ1n) is 6.18. The zero-order valence-electron chi connectivity index (χ0n) is 10.7. The molecule has 1 unspecified atom stereocenters. The Balaban J connectivity index is 2.36. The number of piperidine rings is 1. The number of hydrogen-bond acceptors (Lipinski definition) is 4. The first-order valence-corrected chi connectivity index (χ1v) is 6.18. The van der Waals surface area contributed by atoms with E-state index in [1.54, 1.807) is 0 Å². The van der Waals surface area contributed by atoms with Gasteiger partial charge in [0.15, 0.2) is 0 Å². The predicted octanol–water partition coefficient (Wildman–Crippen LogP) is 0.540. The summed E-state index contributed by atoms with van der Waals surface area (Å²) < 4.78 is 4.71. The molecule has 0 aromatic carbocycles. The number of carbonyl (C=O) groups is 2. The quantitative estimate of drug-likeness (QED) is 0.715. The Morgan fingerprint density at radius 2 is 2.18 bits per heavy atom. The molecule has 1 N–H and O–H groups in total. The third-order valence-electron chi connectivity index (χ3n) is 3.15. The standard InChI is InChI=1S/C12H22N2O3/c1-10(15)13-6-8-14-7-4-3-5-11(14)9-12(16)17-2/h11H,3-9H2,1-2H3,(H,13,15). The van der Waals surface area contributed by atoms with Crippen LogP contribution in [0.4, 0.5) is 0 Å². The number of likely N-dealkylation sites (tertiary alicyclic amines) is 1. The summed E-state index contributed by atoms with van der Waals surface area (Å²) in [6.07, 6.45) is 3.82. The molecule has 1 aliphatic rings. The average molecular weight is 242 g/mol. The van der Waals surface area contributed by atoms with Crippen LogP contribution in [0.1, 0.15) is 32.6 Å². The summed E-state index contributed by atoms with van der Waals surface area (Å²) in [5, 5.41) is 2.78. The van der Waals surface area contributed by atoms with Crippen molar-refractivity contribution in [2.75, 3.05) is 26.7 Å². The van der Waals surface area contributed by atoms with Crippen LogP contribution >= 0.6 is 0 Å². The van der Waals surface area contributed by atoms with E-state index in [9.17, 15) is 9.59 Å². The van der Waals surface area contributed by atoms with Crippen molar-refractivity contribution in [3.8, 4) is 0 Å². The summed E-state index contributed by atoms with van der Waals surface area (Å²) in [4.78, 5) is 24.4. The molecule has 0 saturated carbocycles. The maximum atomic E-state index is 11.3. The minimum absolute atomic E-state index is 0.00785. The normalized spacial score (nSPS) is 20.9. The molecule has 0 aliphatic carbocycles. The largest absolute Gasteiger partial charge is 0.469 e. The van der Waals surface area contributed by atoms with Gasteiger partial charge in [-0.3, -0.25) is 14.5 Å². The Labute approximate surface area is 102 Å². The van der Waals surface area contributed by atoms with Crippen molar-refractivity contribution in [1.29, 1.82) is 0 Å². The summed E-state index contributed by atoms with van der Waals surface area (Å²) in [5.41, 5.74) is 0. The number of hydrogen-bond donors (Lipinski definition) is 1. The summed E-state index contributed by atoms with van der Waals surface area (Å²) >= 11 is 0. The molecule has 1 fully saturated rings. The molecule has 0 bridgehead atoms. The lowest BCUT2D eigenvalue weighted by molar-refractivity contribution is -0.142. The minimum Gasteiger partial charge on any atom is -0.469 e. The molecule has 1 amide bonds.